The second-order valence-corrected chi connectivity index (χ2v) is 4.53. The molecule has 0 atom stereocenters. The van der Waals surface area contributed by atoms with E-state index in [4.69, 9.17) is 0 Å². The summed E-state index contributed by atoms with van der Waals surface area (Å²) in [6.07, 6.45) is 0. The third-order valence-corrected chi connectivity index (χ3v) is 2.35. The molecule has 0 saturated carbocycles. The highest BCUT2D eigenvalue weighted by molar-refractivity contribution is 6.18. The van der Waals surface area contributed by atoms with E-state index in [9.17, 15) is 4.79 Å². The van der Waals surface area contributed by atoms with Crippen LogP contribution in [0.3, 0.4) is 0 Å². The fraction of sp³-hybridized carbons (Fsp3) is 0.364. The standard InChI is InChI=1S/C11H14NOSi/c1-11(2,3)9-6-4-8(5-7-9)10(13)12-14/h4-7H,1-3H3,(H,12,13). The lowest BCUT2D eigenvalue weighted by Crippen LogP contribution is -2.20. The third kappa shape index (κ3) is 2.45. The van der Waals surface area contributed by atoms with E-state index < -0.39 is 0 Å². The van der Waals surface area contributed by atoms with E-state index in [0.29, 0.717) is 5.56 Å². The van der Waals surface area contributed by atoms with E-state index >= 15 is 0 Å². The summed E-state index contributed by atoms with van der Waals surface area (Å²) in [4.78, 5) is 13.6. The van der Waals surface area contributed by atoms with Gasteiger partial charge in [0.2, 0.25) is 5.91 Å². The molecule has 3 radical (unpaired) electrons. The number of hydrogen-bond donors (Lipinski definition) is 1. The largest absolute Gasteiger partial charge is 0.379 e. The van der Waals surface area contributed by atoms with E-state index in [1.807, 2.05) is 24.3 Å². The summed E-state index contributed by atoms with van der Waals surface area (Å²) in [5.41, 5.74) is 2.01. The Labute approximate surface area is 88.2 Å². The molecule has 0 saturated heterocycles. The van der Waals surface area contributed by atoms with Crippen LogP contribution in [0.25, 0.3) is 0 Å². The van der Waals surface area contributed by atoms with Gasteiger partial charge in [-0.15, -0.1) is 0 Å². The van der Waals surface area contributed by atoms with Crippen LogP contribution < -0.4 is 4.98 Å². The fourth-order valence-electron chi connectivity index (χ4n) is 1.19. The van der Waals surface area contributed by atoms with Gasteiger partial charge in [0.1, 0.15) is 0 Å². The van der Waals surface area contributed by atoms with Crippen LogP contribution in [0.1, 0.15) is 36.7 Å². The predicted molar refractivity (Wildman–Crippen MR) is 58.4 cm³/mol. The Morgan fingerprint density at radius 1 is 1.21 bits per heavy atom. The molecule has 0 heterocycles. The van der Waals surface area contributed by atoms with Gasteiger partial charge in [-0.05, 0) is 23.1 Å². The molecule has 0 aliphatic carbocycles. The van der Waals surface area contributed by atoms with Gasteiger partial charge in [0.05, 0.1) is 0 Å². The van der Waals surface area contributed by atoms with E-state index in [1.165, 1.54) is 5.56 Å². The number of hydrogen-bond acceptors (Lipinski definition) is 1. The summed E-state index contributed by atoms with van der Waals surface area (Å²) in [7, 11) is 2.96. The zero-order valence-electron chi connectivity index (χ0n) is 8.72. The fourth-order valence-corrected chi connectivity index (χ4v) is 1.34. The van der Waals surface area contributed by atoms with E-state index in [-0.39, 0.29) is 11.3 Å². The second-order valence-electron chi connectivity index (χ2n) is 4.28. The van der Waals surface area contributed by atoms with E-state index in [2.05, 4.69) is 36.2 Å². The maximum atomic E-state index is 11.2. The van der Waals surface area contributed by atoms with Gasteiger partial charge >= 0.3 is 0 Å². The van der Waals surface area contributed by atoms with Crippen LogP contribution in [0.5, 0.6) is 0 Å². The Morgan fingerprint density at radius 2 is 1.71 bits per heavy atom. The quantitative estimate of drug-likeness (QED) is 0.694. The number of rotatable bonds is 1. The molecule has 0 aromatic heterocycles. The van der Waals surface area contributed by atoms with Crippen LogP contribution in [-0.2, 0) is 5.41 Å². The average Bonchev–Trinajstić information content (AvgIpc) is 2.15. The Balaban J connectivity index is 2.95. The first kappa shape index (κ1) is 11.0. The van der Waals surface area contributed by atoms with Gasteiger partial charge in [0, 0.05) is 5.56 Å². The first-order valence-electron chi connectivity index (χ1n) is 4.53. The number of nitrogens with one attached hydrogen (secondary N) is 1. The average molecular weight is 204 g/mol. The van der Waals surface area contributed by atoms with Crippen LogP contribution in [0.15, 0.2) is 24.3 Å². The predicted octanol–water partition coefficient (Wildman–Crippen LogP) is 1.80. The maximum absolute atomic E-state index is 11.2. The van der Waals surface area contributed by atoms with Gasteiger partial charge in [-0.2, -0.15) is 0 Å². The van der Waals surface area contributed by atoms with Gasteiger partial charge < -0.3 is 4.98 Å². The molecular weight excluding hydrogens is 190 g/mol. The molecule has 2 nitrogen and oxygen atoms in total. The van der Waals surface area contributed by atoms with Crippen molar-refractivity contribution in [3.05, 3.63) is 35.4 Å². The summed E-state index contributed by atoms with van der Waals surface area (Å²) in [6, 6.07) is 7.62. The summed E-state index contributed by atoms with van der Waals surface area (Å²) in [5, 5.41) is 0. The molecule has 0 aliphatic heterocycles. The van der Waals surface area contributed by atoms with E-state index in [1.54, 1.807) is 0 Å². The highest BCUT2D eigenvalue weighted by Crippen LogP contribution is 2.21. The highest BCUT2D eigenvalue weighted by Gasteiger charge is 2.13. The van der Waals surface area contributed by atoms with Gasteiger partial charge in [0.25, 0.3) is 0 Å². The molecule has 73 valence electrons. The first-order valence-corrected chi connectivity index (χ1v) is 5.03. The molecule has 3 heteroatoms. The SMILES string of the molecule is CC(C)(C)c1ccc(C(=O)N[Si])cc1. The van der Waals surface area contributed by atoms with Crippen LogP contribution in [-0.4, -0.2) is 16.3 Å². The van der Waals surface area contributed by atoms with Crippen molar-refractivity contribution in [2.75, 3.05) is 0 Å². The number of carbonyl (C=O) groups is 1. The molecule has 0 unspecified atom stereocenters. The van der Waals surface area contributed by atoms with Crippen molar-refractivity contribution < 1.29 is 4.79 Å². The zero-order chi connectivity index (χ0) is 10.8. The molecule has 0 aliphatic rings. The van der Waals surface area contributed by atoms with Gasteiger partial charge in [-0.1, -0.05) is 32.9 Å². The minimum Gasteiger partial charge on any atom is -0.379 e. The molecule has 1 amide bonds. The van der Waals surface area contributed by atoms with Crippen molar-refractivity contribution in [2.24, 2.45) is 0 Å². The molecule has 1 rings (SSSR count). The lowest BCUT2D eigenvalue weighted by atomic mass is 9.87. The minimum atomic E-state index is -0.123. The molecule has 1 aromatic rings. The molecule has 1 N–H and O–H groups in total. The Bertz CT molecular complexity index is 324. The molecule has 0 spiro atoms. The third-order valence-electron chi connectivity index (χ3n) is 2.13. The van der Waals surface area contributed by atoms with Crippen LogP contribution in [0.2, 0.25) is 0 Å². The first-order chi connectivity index (χ1) is 6.45. The monoisotopic (exact) mass is 204 g/mol. The summed E-state index contributed by atoms with van der Waals surface area (Å²) < 4.78 is 0. The Hall–Kier alpha value is -1.09. The Kier molecular flexibility index (Phi) is 3.11. The molecule has 0 fully saturated rings. The van der Waals surface area contributed by atoms with Crippen LogP contribution in [0, 0.1) is 0 Å². The Morgan fingerprint density at radius 3 is 2.07 bits per heavy atom. The molecule has 1 aromatic carbocycles. The highest BCUT2D eigenvalue weighted by atomic mass is 28.2. The smallest absolute Gasteiger partial charge is 0.243 e. The lowest BCUT2D eigenvalue weighted by Gasteiger charge is -2.18. The normalized spacial score (nSPS) is 11.1. The van der Waals surface area contributed by atoms with Crippen molar-refractivity contribution in [3.63, 3.8) is 0 Å². The van der Waals surface area contributed by atoms with Crippen molar-refractivity contribution in [1.82, 2.24) is 4.98 Å². The molecule has 14 heavy (non-hydrogen) atoms. The van der Waals surface area contributed by atoms with E-state index in [0.717, 1.165) is 0 Å². The minimum absolute atomic E-state index is 0.123. The van der Waals surface area contributed by atoms with Crippen molar-refractivity contribution >= 4 is 16.3 Å². The zero-order valence-corrected chi connectivity index (χ0v) is 9.72. The maximum Gasteiger partial charge on any atom is 0.243 e. The second kappa shape index (κ2) is 3.96. The van der Waals surface area contributed by atoms with Crippen molar-refractivity contribution in [3.8, 4) is 0 Å². The summed E-state index contributed by atoms with van der Waals surface area (Å²) >= 11 is 0. The number of carbonyl (C=O) groups excluding carboxylic acids is 1. The van der Waals surface area contributed by atoms with Crippen LogP contribution in [0.4, 0.5) is 0 Å². The number of benzene rings is 1. The molecule has 0 bridgehead atoms. The van der Waals surface area contributed by atoms with Crippen molar-refractivity contribution in [2.45, 2.75) is 26.2 Å². The summed E-state index contributed by atoms with van der Waals surface area (Å²) in [6.45, 7) is 6.44. The topological polar surface area (TPSA) is 29.1 Å². The van der Waals surface area contributed by atoms with Crippen molar-refractivity contribution in [1.29, 1.82) is 0 Å². The van der Waals surface area contributed by atoms with Crippen LogP contribution >= 0.6 is 0 Å². The molecular formula is C11H14NOSi. The number of amides is 1. The van der Waals surface area contributed by atoms with Gasteiger partial charge in [-0.3, -0.25) is 4.79 Å². The van der Waals surface area contributed by atoms with Gasteiger partial charge in [0.15, 0.2) is 10.4 Å². The summed E-state index contributed by atoms with van der Waals surface area (Å²) in [5.74, 6) is -0.123. The van der Waals surface area contributed by atoms with Gasteiger partial charge in [-0.25, -0.2) is 0 Å². The lowest BCUT2D eigenvalue weighted by molar-refractivity contribution is 0.0981.